The zero-order valence-corrected chi connectivity index (χ0v) is 35.1. The summed E-state index contributed by atoms with van der Waals surface area (Å²) in [7, 11) is 0. The number of Topliss-reactive ketones (excluding diaryl/α,β-unsaturated/α-hetero) is 1. The molecule has 0 aromatic heterocycles. The first kappa shape index (κ1) is 50.4. The lowest BCUT2D eigenvalue weighted by Crippen LogP contribution is -2.08. The van der Waals surface area contributed by atoms with Gasteiger partial charge in [0.25, 0.3) is 0 Å². The molecule has 0 atom stereocenters. The number of allylic oxidation sites excluding steroid dienone is 26. The molecule has 0 aromatic rings. The zero-order chi connectivity index (χ0) is 42.1. The average molecular weight is 765 g/mol. The van der Waals surface area contributed by atoms with Crippen LogP contribution in [0.1, 0.15) is 101 Å². The second-order valence-electron chi connectivity index (χ2n) is 13.8. The van der Waals surface area contributed by atoms with E-state index in [0.717, 1.165) is 51.9 Å². The summed E-state index contributed by atoms with van der Waals surface area (Å²) in [5.74, 6) is -1.88. The number of aliphatic carboxylic acids is 1. The number of esters is 2. The minimum atomic E-state index is -1.01. The Labute approximate surface area is 336 Å². The van der Waals surface area contributed by atoms with Gasteiger partial charge >= 0.3 is 17.9 Å². The summed E-state index contributed by atoms with van der Waals surface area (Å²) >= 11 is 0. The summed E-state index contributed by atoms with van der Waals surface area (Å²) < 4.78 is 10.3. The number of carboxylic acid groups (broad SMARTS) is 1. The van der Waals surface area contributed by atoms with Crippen molar-refractivity contribution in [2.24, 2.45) is 0 Å². The maximum atomic E-state index is 11.6. The van der Waals surface area contributed by atoms with Crippen LogP contribution in [-0.2, 0) is 28.7 Å². The zero-order valence-electron chi connectivity index (χ0n) is 35.1. The normalized spacial score (nSPS) is 14.8. The van der Waals surface area contributed by atoms with Gasteiger partial charge in [0.1, 0.15) is 19.0 Å². The Morgan fingerprint density at radius 3 is 1.18 bits per heavy atom. The molecule has 56 heavy (non-hydrogen) atoms. The topological polar surface area (TPSA) is 107 Å². The van der Waals surface area contributed by atoms with E-state index in [1.165, 1.54) is 12.5 Å². The first-order valence-corrected chi connectivity index (χ1v) is 19.0. The predicted octanol–water partition coefficient (Wildman–Crippen LogP) is 12.0. The number of ketones is 1. The van der Waals surface area contributed by atoms with Gasteiger partial charge in [0, 0.05) is 6.42 Å². The molecule has 0 aliphatic rings. The number of ether oxygens (including phenoxy) is 2. The van der Waals surface area contributed by atoms with Crippen molar-refractivity contribution in [1.29, 1.82) is 0 Å². The summed E-state index contributed by atoms with van der Waals surface area (Å²) in [6, 6.07) is 0. The highest BCUT2D eigenvalue weighted by Crippen LogP contribution is 2.09. The summed E-state index contributed by atoms with van der Waals surface area (Å²) in [4.78, 5) is 44.7. The van der Waals surface area contributed by atoms with Gasteiger partial charge in [-0.2, -0.15) is 0 Å². The lowest BCUT2D eigenvalue weighted by molar-refractivity contribution is -0.147. The van der Waals surface area contributed by atoms with Gasteiger partial charge in [-0.15, -0.1) is 0 Å². The highest BCUT2D eigenvalue weighted by molar-refractivity contribution is 5.81. The van der Waals surface area contributed by atoms with Crippen molar-refractivity contribution in [2.75, 3.05) is 13.2 Å². The fraction of sp³-hybridized carbons (Fsp3) is 0.347. The van der Waals surface area contributed by atoms with E-state index in [2.05, 4.69) is 89.3 Å². The van der Waals surface area contributed by atoms with Crippen LogP contribution in [0, 0.1) is 0 Å². The third-order valence-corrected chi connectivity index (χ3v) is 7.64. The standard InChI is InChI=1S/C49H64O7/c1-38(20-12-22-40(3)24-14-26-42(5)28-16-30-44(7)36-55-48(53)34-32-46(9)50)18-10-11-19-39(2)21-13-23-41(4)25-15-27-43(6)29-17-31-45(8)37-56-49(54)35-33-47(51)52/h10-16,18-28,30-31H,17,29,32-37H2,1-9H3,(H,51,52)/b11-10+,20-12+,21-13+,24-14+,25-15+,28-16+,38-18+,39-19+,40-22+,41-23+,42-26+,43-27+,44-30+,45-31+. The molecule has 302 valence electrons. The first-order valence-electron chi connectivity index (χ1n) is 19.0. The lowest BCUT2D eigenvalue weighted by Gasteiger charge is -2.04. The van der Waals surface area contributed by atoms with Gasteiger partial charge in [0.05, 0.1) is 19.3 Å². The molecular formula is C49H64O7. The highest BCUT2D eigenvalue weighted by Gasteiger charge is 2.07. The second kappa shape index (κ2) is 31.8. The van der Waals surface area contributed by atoms with Crippen LogP contribution in [0.3, 0.4) is 0 Å². The highest BCUT2D eigenvalue weighted by atomic mass is 16.5. The molecule has 0 heterocycles. The van der Waals surface area contributed by atoms with Gasteiger partial charge in [-0.05, 0) is 86.3 Å². The molecule has 7 heteroatoms. The van der Waals surface area contributed by atoms with Crippen LogP contribution < -0.4 is 0 Å². The molecule has 0 spiro atoms. The summed E-state index contributed by atoms with van der Waals surface area (Å²) in [6.07, 6.45) is 42.5. The van der Waals surface area contributed by atoms with Crippen LogP contribution in [0.15, 0.2) is 166 Å². The van der Waals surface area contributed by atoms with E-state index in [1.807, 2.05) is 87.6 Å². The Hall–Kier alpha value is -5.56. The molecule has 0 saturated carbocycles. The van der Waals surface area contributed by atoms with Crippen molar-refractivity contribution >= 4 is 23.7 Å². The molecule has 0 radical (unpaired) electrons. The van der Waals surface area contributed by atoms with Gasteiger partial charge in [-0.1, -0.05) is 155 Å². The minimum Gasteiger partial charge on any atom is -0.481 e. The van der Waals surface area contributed by atoms with Crippen molar-refractivity contribution < 1.29 is 33.8 Å². The number of carboxylic acids is 1. The van der Waals surface area contributed by atoms with E-state index in [0.29, 0.717) is 0 Å². The number of carbonyl (C=O) groups excluding carboxylic acids is 3. The molecule has 0 bridgehead atoms. The van der Waals surface area contributed by atoms with Crippen LogP contribution in [-0.4, -0.2) is 42.0 Å². The van der Waals surface area contributed by atoms with E-state index in [1.54, 1.807) is 0 Å². The largest absolute Gasteiger partial charge is 0.481 e. The summed E-state index contributed by atoms with van der Waals surface area (Å²) in [6.45, 7) is 18.0. The average Bonchev–Trinajstić information content (AvgIpc) is 3.13. The molecular weight excluding hydrogens is 701 g/mol. The SMILES string of the molecule is CC(=O)CCC(=O)OC/C(C)=C/C=C/C(C)=C/C=C/C(C)=C/C=C/C(C)=C/C=C/C=C(C)/C=C/C=C(C)/C=C/C=C(\C)CC/C=C(\C)COC(=O)CCC(=O)O. The van der Waals surface area contributed by atoms with Crippen LogP contribution in [0.2, 0.25) is 0 Å². The fourth-order valence-electron chi connectivity index (χ4n) is 4.23. The number of hydrogen-bond donors (Lipinski definition) is 1. The quantitative estimate of drug-likeness (QED) is 0.0560. The van der Waals surface area contributed by atoms with Crippen molar-refractivity contribution in [3.05, 3.63) is 166 Å². The Morgan fingerprint density at radius 1 is 0.411 bits per heavy atom. The summed E-state index contributed by atoms with van der Waals surface area (Å²) in [5, 5.41) is 8.64. The minimum absolute atomic E-state index is 0.0201. The molecule has 0 unspecified atom stereocenters. The third kappa shape index (κ3) is 33.0. The molecule has 0 amide bonds. The molecule has 1 N–H and O–H groups in total. The van der Waals surface area contributed by atoms with E-state index in [9.17, 15) is 19.2 Å². The Morgan fingerprint density at radius 2 is 0.768 bits per heavy atom. The molecule has 0 fully saturated rings. The molecule has 0 saturated heterocycles. The van der Waals surface area contributed by atoms with Crippen LogP contribution >= 0.6 is 0 Å². The molecule has 7 nitrogen and oxygen atoms in total. The Balaban J connectivity index is 4.73. The molecule has 0 aromatic carbocycles. The smallest absolute Gasteiger partial charge is 0.306 e. The van der Waals surface area contributed by atoms with Crippen LogP contribution in [0.5, 0.6) is 0 Å². The van der Waals surface area contributed by atoms with Gasteiger partial charge in [-0.25, -0.2) is 0 Å². The predicted molar refractivity (Wildman–Crippen MR) is 233 cm³/mol. The van der Waals surface area contributed by atoms with E-state index < -0.39 is 11.9 Å². The van der Waals surface area contributed by atoms with E-state index >= 15 is 0 Å². The van der Waals surface area contributed by atoms with Crippen LogP contribution in [0.25, 0.3) is 0 Å². The van der Waals surface area contributed by atoms with Gasteiger partial charge in [-0.3, -0.25) is 14.4 Å². The van der Waals surface area contributed by atoms with E-state index in [-0.39, 0.29) is 50.6 Å². The van der Waals surface area contributed by atoms with Gasteiger partial charge in [0.15, 0.2) is 0 Å². The number of carbonyl (C=O) groups is 4. The third-order valence-electron chi connectivity index (χ3n) is 7.64. The fourth-order valence-corrected chi connectivity index (χ4v) is 4.23. The number of hydrogen-bond acceptors (Lipinski definition) is 6. The maximum Gasteiger partial charge on any atom is 0.306 e. The Bertz CT molecular complexity index is 1730. The molecule has 0 aliphatic carbocycles. The maximum absolute atomic E-state index is 11.6. The lowest BCUT2D eigenvalue weighted by atomic mass is 10.1. The second-order valence-corrected chi connectivity index (χ2v) is 13.8. The van der Waals surface area contributed by atoms with Crippen molar-refractivity contribution in [3.8, 4) is 0 Å². The van der Waals surface area contributed by atoms with Gasteiger partial charge in [0.2, 0.25) is 0 Å². The summed E-state index contributed by atoms with van der Waals surface area (Å²) in [5.41, 5.74) is 8.74. The molecule has 0 rings (SSSR count). The van der Waals surface area contributed by atoms with Crippen molar-refractivity contribution in [2.45, 2.75) is 101 Å². The monoisotopic (exact) mass is 764 g/mol. The van der Waals surface area contributed by atoms with Gasteiger partial charge < -0.3 is 19.4 Å². The Kier molecular flexibility index (Phi) is 28.6. The molecule has 0 aliphatic heterocycles. The first-order chi connectivity index (χ1) is 26.6. The van der Waals surface area contributed by atoms with Crippen molar-refractivity contribution in [1.82, 2.24) is 0 Å². The van der Waals surface area contributed by atoms with Crippen LogP contribution in [0.4, 0.5) is 0 Å². The van der Waals surface area contributed by atoms with E-state index in [4.69, 9.17) is 14.6 Å². The van der Waals surface area contributed by atoms with Crippen molar-refractivity contribution in [3.63, 3.8) is 0 Å². The number of rotatable bonds is 25.